The minimum absolute atomic E-state index is 0.0661. The average molecular weight is 480 g/mol. The maximum Gasteiger partial charge on any atom is 0.290 e. The first-order valence-corrected chi connectivity index (χ1v) is 12.1. The molecule has 8 nitrogen and oxygen atoms in total. The van der Waals surface area contributed by atoms with Crippen LogP contribution in [-0.4, -0.2) is 26.6 Å². The number of nitrogens with one attached hydrogen (secondary N) is 2. The van der Waals surface area contributed by atoms with Crippen molar-refractivity contribution < 1.29 is 9.59 Å². The molecular formula is C23H21N5O3S2. The van der Waals surface area contributed by atoms with Crippen LogP contribution in [0.4, 0.5) is 0 Å². The third-order valence-electron chi connectivity index (χ3n) is 4.84. The number of aryl methyl sites for hydroxylation is 2. The molecule has 2 amide bonds. The van der Waals surface area contributed by atoms with Crippen LogP contribution in [0, 0.1) is 6.92 Å². The first-order valence-electron chi connectivity index (χ1n) is 10.2. The predicted molar refractivity (Wildman–Crippen MR) is 129 cm³/mol. The summed E-state index contributed by atoms with van der Waals surface area (Å²) >= 11 is 3.26. The Morgan fingerprint density at radius 2 is 1.73 bits per heavy atom. The predicted octanol–water partition coefficient (Wildman–Crippen LogP) is 3.55. The van der Waals surface area contributed by atoms with Crippen molar-refractivity contribution in [3.05, 3.63) is 86.2 Å². The first kappa shape index (κ1) is 22.7. The highest BCUT2D eigenvalue weighted by Crippen LogP contribution is 2.23. The van der Waals surface area contributed by atoms with Crippen LogP contribution < -0.4 is 16.4 Å². The van der Waals surface area contributed by atoms with Crippen LogP contribution >= 0.6 is 23.1 Å². The van der Waals surface area contributed by atoms with Gasteiger partial charge >= 0.3 is 0 Å². The summed E-state index contributed by atoms with van der Waals surface area (Å²) in [5.74, 6) is -0.303. The van der Waals surface area contributed by atoms with Gasteiger partial charge in [0.1, 0.15) is 0 Å². The summed E-state index contributed by atoms with van der Waals surface area (Å²) in [6.07, 6.45) is 0. The standard InChI is InChI=1S/C23H21N5O3S2/c1-3-28-23(31)19-7-5-4-6-18(19)20(27-28)22(30)26-25-21(29)15-8-10-17(11-9-15)33-13-16-12-32-14(2)24-16/h4-12H,3,13H2,1-2H3,(H,25,29)(H,26,30). The molecule has 2 heterocycles. The van der Waals surface area contributed by atoms with Crippen molar-refractivity contribution in [2.75, 3.05) is 0 Å². The van der Waals surface area contributed by atoms with Crippen LogP contribution in [0.25, 0.3) is 10.8 Å². The van der Waals surface area contributed by atoms with E-state index >= 15 is 0 Å². The van der Waals surface area contributed by atoms with Crippen LogP contribution in [0.3, 0.4) is 0 Å². The summed E-state index contributed by atoms with van der Waals surface area (Å²) in [5.41, 5.74) is 6.04. The fourth-order valence-electron chi connectivity index (χ4n) is 3.20. The number of aromatic nitrogens is 3. The molecule has 0 atom stereocenters. The lowest BCUT2D eigenvalue weighted by Crippen LogP contribution is -2.42. The number of benzene rings is 2. The number of nitrogens with zero attached hydrogens (tertiary/aromatic N) is 3. The Bertz CT molecular complexity index is 1380. The lowest BCUT2D eigenvalue weighted by Gasteiger charge is -2.11. The van der Waals surface area contributed by atoms with E-state index in [9.17, 15) is 14.4 Å². The molecule has 33 heavy (non-hydrogen) atoms. The molecule has 2 aromatic heterocycles. The fraction of sp³-hybridized carbons (Fsp3) is 0.174. The van der Waals surface area contributed by atoms with Crippen molar-refractivity contribution in [3.8, 4) is 0 Å². The first-order chi connectivity index (χ1) is 16.0. The molecule has 0 aliphatic carbocycles. The van der Waals surface area contributed by atoms with E-state index in [4.69, 9.17) is 0 Å². The molecule has 0 bridgehead atoms. The summed E-state index contributed by atoms with van der Waals surface area (Å²) in [5, 5.41) is 8.06. The van der Waals surface area contributed by atoms with Gasteiger partial charge in [0.2, 0.25) is 0 Å². The molecule has 4 aromatic rings. The van der Waals surface area contributed by atoms with Crippen LogP contribution in [0.2, 0.25) is 0 Å². The highest BCUT2D eigenvalue weighted by atomic mass is 32.2. The number of thioether (sulfide) groups is 1. The van der Waals surface area contributed by atoms with Crippen LogP contribution in [0.1, 0.15) is 38.5 Å². The number of hydrazine groups is 1. The molecule has 0 saturated carbocycles. The van der Waals surface area contributed by atoms with Gasteiger partial charge in [0.05, 0.1) is 16.1 Å². The minimum atomic E-state index is -0.604. The SMILES string of the molecule is CCn1nc(C(=O)NNC(=O)c2ccc(SCc3csc(C)n3)cc2)c2ccccc2c1=O. The molecule has 0 saturated heterocycles. The van der Waals surface area contributed by atoms with Crippen LogP contribution in [0.5, 0.6) is 0 Å². The topological polar surface area (TPSA) is 106 Å². The largest absolute Gasteiger partial charge is 0.290 e. The Kier molecular flexibility index (Phi) is 6.85. The zero-order valence-corrected chi connectivity index (χ0v) is 19.6. The van der Waals surface area contributed by atoms with Crippen LogP contribution in [0.15, 0.2) is 63.6 Å². The minimum Gasteiger partial charge on any atom is -0.267 e. The summed E-state index contributed by atoms with van der Waals surface area (Å²) in [6, 6.07) is 13.9. The molecule has 2 aromatic carbocycles. The van der Waals surface area contributed by atoms with Gasteiger partial charge < -0.3 is 0 Å². The second-order valence-corrected chi connectivity index (χ2v) is 9.21. The Balaban J connectivity index is 1.41. The van der Waals surface area contributed by atoms with Gasteiger partial charge in [-0.3, -0.25) is 25.2 Å². The number of carbonyl (C=O) groups excluding carboxylic acids is 2. The van der Waals surface area contributed by atoms with Crippen molar-refractivity contribution in [1.29, 1.82) is 0 Å². The van der Waals surface area contributed by atoms with Gasteiger partial charge in [0.25, 0.3) is 17.4 Å². The van der Waals surface area contributed by atoms with E-state index in [2.05, 4.69) is 20.9 Å². The number of rotatable bonds is 6. The van der Waals surface area contributed by atoms with E-state index in [1.54, 1.807) is 66.4 Å². The van der Waals surface area contributed by atoms with Crippen molar-refractivity contribution >= 4 is 45.7 Å². The number of hydrogen-bond acceptors (Lipinski definition) is 7. The molecule has 0 radical (unpaired) electrons. The van der Waals surface area contributed by atoms with Gasteiger partial charge in [-0.25, -0.2) is 9.67 Å². The van der Waals surface area contributed by atoms with Gasteiger partial charge in [-0.15, -0.1) is 23.1 Å². The maximum absolute atomic E-state index is 12.7. The van der Waals surface area contributed by atoms with E-state index in [0.717, 1.165) is 21.3 Å². The van der Waals surface area contributed by atoms with Crippen LogP contribution in [-0.2, 0) is 12.3 Å². The zero-order chi connectivity index (χ0) is 23.4. The van der Waals surface area contributed by atoms with E-state index < -0.39 is 11.8 Å². The summed E-state index contributed by atoms with van der Waals surface area (Å²) in [4.78, 5) is 43.1. The number of hydrogen-bond donors (Lipinski definition) is 2. The lowest BCUT2D eigenvalue weighted by atomic mass is 10.1. The summed E-state index contributed by atoms with van der Waals surface area (Å²) < 4.78 is 1.22. The Morgan fingerprint density at radius 1 is 1.03 bits per heavy atom. The van der Waals surface area contributed by atoms with Gasteiger partial charge in [0.15, 0.2) is 5.69 Å². The molecule has 0 aliphatic rings. The van der Waals surface area contributed by atoms with Crippen molar-refractivity contribution in [2.45, 2.75) is 31.0 Å². The number of fused-ring (bicyclic) bond motifs is 1. The molecule has 0 fully saturated rings. The molecular weight excluding hydrogens is 458 g/mol. The van der Waals surface area contributed by atoms with E-state index in [1.165, 1.54) is 4.68 Å². The second-order valence-electron chi connectivity index (χ2n) is 7.09. The lowest BCUT2D eigenvalue weighted by molar-refractivity contribution is 0.0843. The number of amides is 2. The average Bonchev–Trinajstić information content (AvgIpc) is 3.26. The van der Waals surface area contributed by atoms with Gasteiger partial charge in [-0.2, -0.15) is 5.10 Å². The molecule has 10 heteroatoms. The Labute approximate surface area is 198 Å². The van der Waals surface area contributed by atoms with Crippen molar-refractivity contribution in [1.82, 2.24) is 25.6 Å². The highest BCUT2D eigenvalue weighted by Gasteiger charge is 2.17. The highest BCUT2D eigenvalue weighted by molar-refractivity contribution is 7.98. The third kappa shape index (κ3) is 5.12. The summed E-state index contributed by atoms with van der Waals surface area (Å²) in [6.45, 7) is 4.07. The van der Waals surface area contributed by atoms with E-state index in [-0.39, 0.29) is 11.3 Å². The number of thiazole rings is 1. The maximum atomic E-state index is 12.7. The van der Waals surface area contributed by atoms with Crippen molar-refractivity contribution in [2.24, 2.45) is 0 Å². The summed E-state index contributed by atoms with van der Waals surface area (Å²) in [7, 11) is 0. The quantitative estimate of drug-likeness (QED) is 0.324. The molecule has 0 aliphatic heterocycles. The zero-order valence-electron chi connectivity index (χ0n) is 18.0. The third-order valence-corrected chi connectivity index (χ3v) is 6.71. The van der Waals surface area contributed by atoms with Gasteiger partial charge in [0, 0.05) is 33.5 Å². The Morgan fingerprint density at radius 3 is 2.39 bits per heavy atom. The van der Waals surface area contributed by atoms with Crippen molar-refractivity contribution in [3.63, 3.8) is 0 Å². The van der Waals surface area contributed by atoms with Gasteiger partial charge in [-0.1, -0.05) is 18.2 Å². The number of carbonyl (C=O) groups is 2. The molecule has 0 spiro atoms. The molecule has 168 valence electrons. The smallest absolute Gasteiger partial charge is 0.267 e. The molecule has 2 N–H and O–H groups in total. The van der Waals surface area contributed by atoms with Gasteiger partial charge in [-0.05, 0) is 44.2 Å². The molecule has 0 unspecified atom stereocenters. The monoisotopic (exact) mass is 479 g/mol. The van der Waals surface area contributed by atoms with E-state index in [0.29, 0.717) is 22.9 Å². The molecule has 4 rings (SSSR count). The fourth-order valence-corrected chi connectivity index (χ4v) is 4.71. The van der Waals surface area contributed by atoms with E-state index in [1.807, 2.05) is 24.4 Å². The normalized spacial score (nSPS) is 10.8. The Hall–Kier alpha value is -3.50. The second kappa shape index (κ2) is 9.97.